The van der Waals surface area contributed by atoms with Crippen molar-refractivity contribution in [3.63, 3.8) is 0 Å². The van der Waals surface area contributed by atoms with Crippen LogP contribution in [-0.2, 0) is 4.79 Å². The summed E-state index contributed by atoms with van der Waals surface area (Å²) in [4.78, 5) is 24.6. The van der Waals surface area contributed by atoms with Gasteiger partial charge in [0.1, 0.15) is 0 Å². The fourth-order valence-electron chi connectivity index (χ4n) is 2.80. The second kappa shape index (κ2) is 9.75. The minimum absolute atomic E-state index is 0.0839. The van der Waals surface area contributed by atoms with E-state index in [9.17, 15) is 9.59 Å². The van der Waals surface area contributed by atoms with Gasteiger partial charge < -0.3 is 16.0 Å². The Labute approximate surface area is 175 Å². The summed E-state index contributed by atoms with van der Waals surface area (Å²) in [6.45, 7) is 2.02. The number of halogens is 1. The number of anilines is 2. The van der Waals surface area contributed by atoms with E-state index in [1.807, 2.05) is 49.4 Å². The van der Waals surface area contributed by atoms with Crippen molar-refractivity contribution < 1.29 is 9.59 Å². The number of nitrogens with one attached hydrogen (secondary N) is 3. The molecule has 0 radical (unpaired) electrons. The number of rotatable bonds is 7. The zero-order chi connectivity index (χ0) is 20.6. The van der Waals surface area contributed by atoms with Crippen LogP contribution in [0.5, 0.6) is 0 Å². The topological polar surface area (TPSA) is 70.2 Å². The first-order valence-corrected chi connectivity index (χ1v) is 9.65. The Morgan fingerprint density at radius 2 is 1.55 bits per heavy atom. The van der Waals surface area contributed by atoms with Gasteiger partial charge in [0.25, 0.3) is 5.91 Å². The normalized spacial score (nSPS) is 11.4. The molecule has 1 unspecified atom stereocenters. The first kappa shape index (κ1) is 20.4. The van der Waals surface area contributed by atoms with Crippen LogP contribution in [-0.4, -0.2) is 18.4 Å². The summed E-state index contributed by atoms with van der Waals surface area (Å²) in [5.74, 6) is -0.376. The first-order chi connectivity index (χ1) is 14.0. The van der Waals surface area contributed by atoms with E-state index >= 15 is 0 Å². The number of carbonyl (C=O) groups is 2. The third-order valence-electron chi connectivity index (χ3n) is 4.39. The molecule has 0 aliphatic rings. The van der Waals surface area contributed by atoms with Crippen molar-refractivity contribution in [3.8, 4) is 0 Å². The average molecular weight is 408 g/mol. The van der Waals surface area contributed by atoms with Crippen LogP contribution in [0.3, 0.4) is 0 Å². The molecule has 0 aromatic heterocycles. The summed E-state index contributed by atoms with van der Waals surface area (Å²) in [6, 6.07) is 23.7. The standard InChI is InChI=1S/C23H22ClN3O2/c1-16(17-7-3-2-4-8-17)26-23(29)18-11-13-19(14-12-18)27-22(28)15-25-21-10-6-5-9-20(21)24/h2-14,16,25H,15H2,1H3,(H,26,29)(H,27,28). The molecule has 29 heavy (non-hydrogen) atoms. The molecular weight excluding hydrogens is 386 g/mol. The molecule has 0 spiro atoms. The second-order valence-electron chi connectivity index (χ2n) is 6.56. The third-order valence-corrected chi connectivity index (χ3v) is 4.72. The predicted octanol–water partition coefficient (Wildman–Crippen LogP) is 4.88. The van der Waals surface area contributed by atoms with E-state index in [4.69, 9.17) is 11.6 Å². The Balaban J connectivity index is 1.52. The number of para-hydroxylation sites is 1. The van der Waals surface area contributed by atoms with Crippen LogP contribution in [0.1, 0.15) is 28.9 Å². The maximum atomic E-state index is 12.4. The Morgan fingerprint density at radius 3 is 2.24 bits per heavy atom. The van der Waals surface area contributed by atoms with Crippen LogP contribution in [0.25, 0.3) is 0 Å². The summed E-state index contributed by atoms with van der Waals surface area (Å²) in [5, 5.41) is 9.30. The summed E-state index contributed by atoms with van der Waals surface area (Å²) in [5.41, 5.74) is 2.88. The molecule has 0 saturated heterocycles. The van der Waals surface area contributed by atoms with Gasteiger partial charge in [0, 0.05) is 11.3 Å². The highest BCUT2D eigenvalue weighted by molar-refractivity contribution is 6.33. The Hall–Kier alpha value is -3.31. The number of carbonyl (C=O) groups excluding carboxylic acids is 2. The van der Waals surface area contributed by atoms with Crippen LogP contribution in [0.15, 0.2) is 78.9 Å². The van der Waals surface area contributed by atoms with E-state index in [0.717, 1.165) is 5.56 Å². The Morgan fingerprint density at radius 1 is 0.897 bits per heavy atom. The molecule has 0 heterocycles. The van der Waals surface area contributed by atoms with Gasteiger partial charge >= 0.3 is 0 Å². The molecule has 3 aromatic carbocycles. The van der Waals surface area contributed by atoms with E-state index in [2.05, 4.69) is 16.0 Å². The largest absolute Gasteiger partial charge is 0.375 e. The van der Waals surface area contributed by atoms with Crippen molar-refractivity contribution in [3.05, 3.63) is 95.0 Å². The highest BCUT2D eigenvalue weighted by Crippen LogP contribution is 2.20. The molecule has 0 aliphatic carbocycles. The van der Waals surface area contributed by atoms with Gasteiger partial charge in [-0.25, -0.2) is 0 Å². The molecular formula is C23H22ClN3O2. The lowest BCUT2D eigenvalue weighted by molar-refractivity contribution is -0.114. The Bertz CT molecular complexity index is 975. The van der Waals surface area contributed by atoms with Gasteiger partial charge in [-0.05, 0) is 48.9 Å². The summed E-state index contributed by atoms with van der Waals surface area (Å²) in [7, 11) is 0. The van der Waals surface area contributed by atoms with E-state index in [1.165, 1.54) is 0 Å². The maximum Gasteiger partial charge on any atom is 0.251 e. The lowest BCUT2D eigenvalue weighted by Crippen LogP contribution is -2.26. The highest BCUT2D eigenvalue weighted by Gasteiger charge is 2.11. The molecule has 2 amide bonds. The van der Waals surface area contributed by atoms with Gasteiger partial charge in [-0.15, -0.1) is 0 Å². The predicted molar refractivity (Wildman–Crippen MR) is 117 cm³/mol. The smallest absolute Gasteiger partial charge is 0.251 e. The molecule has 3 rings (SSSR count). The molecule has 0 bridgehead atoms. The lowest BCUT2D eigenvalue weighted by Gasteiger charge is -2.14. The van der Waals surface area contributed by atoms with Crippen molar-refractivity contribution in [1.82, 2.24) is 5.32 Å². The maximum absolute atomic E-state index is 12.4. The number of hydrogen-bond donors (Lipinski definition) is 3. The molecule has 1 atom stereocenters. The minimum atomic E-state index is -0.208. The summed E-state index contributed by atoms with van der Waals surface area (Å²) < 4.78 is 0. The number of hydrogen-bond acceptors (Lipinski definition) is 3. The average Bonchev–Trinajstić information content (AvgIpc) is 2.74. The number of amides is 2. The summed E-state index contributed by atoms with van der Waals surface area (Å²) >= 11 is 6.06. The van der Waals surface area contributed by atoms with E-state index in [-0.39, 0.29) is 24.4 Å². The minimum Gasteiger partial charge on any atom is -0.375 e. The lowest BCUT2D eigenvalue weighted by atomic mass is 10.1. The highest BCUT2D eigenvalue weighted by atomic mass is 35.5. The fraction of sp³-hybridized carbons (Fsp3) is 0.130. The number of benzene rings is 3. The van der Waals surface area contributed by atoms with E-state index < -0.39 is 0 Å². The van der Waals surface area contributed by atoms with Crippen molar-refractivity contribution in [1.29, 1.82) is 0 Å². The fourth-order valence-corrected chi connectivity index (χ4v) is 3.00. The molecule has 3 N–H and O–H groups in total. The van der Waals surface area contributed by atoms with E-state index in [0.29, 0.717) is 22.0 Å². The van der Waals surface area contributed by atoms with Crippen molar-refractivity contribution in [2.24, 2.45) is 0 Å². The van der Waals surface area contributed by atoms with Gasteiger partial charge in [0.15, 0.2) is 0 Å². The molecule has 0 fully saturated rings. The van der Waals surface area contributed by atoms with Gasteiger partial charge in [-0.1, -0.05) is 54.1 Å². The van der Waals surface area contributed by atoms with Gasteiger partial charge in [-0.2, -0.15) is 0 Å². The molecule has 148 valence electrons. The second-order valence-corrected chi connectivity index (χ2v) is 6.97. The van der Waals surface area contributed by atoms with Gasteiger partial charge in [-0.3, -0.25) is 9.59 Å². The molecule has 0 aliphatic heterocycles. The van der Waals surface area contributed by atoms with Crippen molar-refractivity contribution in [2.45, 2.75) is 13.0 Å². The van der Waals surface area contributed by atoms with E-state index in [1.54, 1.807) is 36.4 Å². The van der Waals surface area contributed by atoms with Crippen molar-refractivity contribution >= 4 is 34.8 Å². The van der Waals surface area contributed by atoms with Gasteiger partial charge in [0.2, 0.25) is 5.91 Å². The molecule has 6 heteroatoms. The third kappa shape index (κ3) is 5.83. The molecule has 0 saturated carbocycles. The monoisotopic (exact) mass is 407 g/mol. The van der Waals surface area contributed by atoms with Crippen LogP contribution in [0.4, 0.5) is 11.4 Å². The summed E-state index contributed by atoms with van der Waals surface area (Å²) in [6.07, 6.45) is 0. The SMILES string of the molecule is CC(NC(=O)c1ccc(NC(=O)CNc2ccccc2Cl)cc1)c1ccccc1. The zero-order valence-electron chi connectivity index (χ0n) is 16.0. The van der Waals surface area contributed by atoms with Gasteiger partial charge in [0.05, 0.1) is 23.3 Å². The van der Waals surface area contributed by atoms with Crippen LogP contribution >= 0.6 is 11.6 Å². The molecule has 3 aromatic rings. The van der Waals surface area contributed by atoms with Crippen molar-refractivity contribution in [2.75, 3.05) is 17.2 Å². The van der Waals surface area contributed by atoms with Crippen LogP contribution < -0.4 is 16.0 Å². The zero-order valence-corrected chi connectivity index (χ0v) is 16.7. The Kier molecular flexibility index (Phi) is 6.87. The van der Waals surface area contributed by atoms with Crippen LogP contribution in [0, 0.1) is 0 Å². The van der Waals surface area contributed by atoms with Crippen LogP contribution in [0.2, 0.25) is 5.02 Å². The first-order valence-electron chi connectivity index (χ1n) is 9.27. The quantitative estimate of drug-likeness (QED) is 0.522. The molecule has 5 nitrogen and oxygen atoms in total.